The first kappa shape index (κ1) is 19.4. The molecule has 0 saturated carbocycles. The fourth-order valence-electron chi connectivity index (χ4n) is 3.24. The summed E-state index contributed by atoms with van der Waals surface area (Å²) in [5, 5.41) is 4.39. The van der Waals surface area contributed by atoms with Crippen LogP contribution in [0, 0.1) is 0 Å². The number of aromatic nitrogens is 1. The van der Waals surface area contributed by atoms with E-state index in [2.05, 4.69) is 10.3 Å². The molecule has 144 valence electrons. The number of halogens is 2. The lowest BCUT2D eigenvalue weighted by Crippen LogP contribution is -2.48. The SMILES string of the molecule is O=C(c1ccccc1Cl)N1CCN(Cc2nc(-c3ccc(Cl)cc3)cs2)CC1. The maximum absolute atomic E-state index is 12.7. The van der Waals surface area contributed by atoms with E-state index in [4.69, 9.17) is 28.2 Å². The van der Waals surface area contributed by atoms with Gasteiger partial charge in [-0.05, 0) is 24.3 Å². The zero-order valence-electron chi connectivity index (χ0n) is 15.1. The number of thiazole rings is 1. The van der Waals surface area contributed by atoms with E-state index in [1.165, 1.54) is 0 Å². The van der Waals surface area contributed by atoms with Crippen LogP contribution in [-0.4, -0.2) is 46.9 Å². The molecule has 1 aromatic heterocycles. The van der Waals surface area contributed by atoms with Crippen molar-refractivity contribution < 1.29 is 4.79 Å². The number of carbonyl (C=O) groups is 1. The summed E-state index contributed by atoms with van der Waals surface area (Å²) < 4.78 is 0. The van der Waals surface area contributed by atoms with E-state index in [0.29, 0.717) is 23.7 Å². The summed E-state index contributed by atoms with van der Waals surface area (Å²) in [5.74, 6) is 0.00419. The average molecular weight is 432 g/mol. The van der Waals surface area contributed by atoms with E-state index in [1.54, 1.807) is 23.5 Å². The van der Waals surface area contributed by atoms with Gasteiger partial charge in [-0.3, -0.25) is 9.69 Å². The number of hydrogen-bond donors (Lipinski definition) is 0. The Kier molecular flexibility index (Phi) is 5.97. The highest BCUT2D eigenvalue weighted by Crippen LogP contribution is 2.25. The van der Waals surface area contributed by atoms with Crippen LogP contribution in [0.3, 0.4) is 0 Å². The smallest absolute Gasteiger partial charge is 0.255 e. The molecule has 7 heteroatoms. The third-order valence-electron chi connectivity index (χ3n) is 4.81. The Balaban J connectivity index is 1.34. The largest absolute Gasteiger partial charge is 0.336 e. The van der Waals surface area contributed by atoms with Gasteiger partial charge in [0.25, 0.3) is 5.91 Å². The third kappa shape index (κ3) is 4.39. The number of rotatable bonds is 4. The molecule has 2 heterocycles. The molecular formula is C21H19Cl2N3OS. The Morgan fingerprint density at radius 3 is 2.43 bits per heavy atom. The summed E-state index contributed by atoms with van der Waals surface area (Å²) in [7, 11) is 0. The first-order valence-corrected chi connectivity index (χ1v) is 10.7. The lowest BCUT2D eigenvalue weighted by molar-refractivity contribution is 0.0628. The number of amides is 1. The van der Waals surface area contributed by atoms with Crippen LogP contribution < -0.4 is 0 Å². The van der Waals surface area contributed by atoms with Crippen molar-refractivity contribution in [3.05, 3.63) is 74.5 Å². The maximum atomic E-state index is 12.7. The second kappa shape index (κ2) is 8.62. The highest BCUT2D eigenvalue weighted by Gasteiger charge is 2.24. The molecule has 0 spiro atoms. The number of hydrogen-bond acceptors (Lipinski definition) is 4. The molecule has 1 saturated heterocycles. The zero-order valence-corrected chi connectivity index (χ0v) is 17.5. The number of nitrogens with zero attached hydrogens (tertiary/aromatic N) is 3. The normalized spacial score (nSPS) is 15.0. The molecule has 1 fully saturated rings. The van der Waals surface area contributed by atoms with E-state index in [9.17, 15) is 4.79 Å². The van der Waals surface area contributed by atoms with Crippen molar-refractivity contribution in [3.8, 4) is 11.3 Å². The molecule has 1 aliphatic heterocycles. The van der Waals surface area contributed by atoms with E-state index in [0.717, 1.165) is 40.9 Å². The van der Waals surface area contributed by atoms with Crippen molar-refractivity contribution in [1.82, 2.24) is 14.8 Å². The quantitative estimate of drug-likeness (QED) is 0.577. The van der Waals surface area contributed by atoms with Crippen LogP contribution in [0.5, 0.6) is 0 Å². The van der Waals surface area contributed by atoms with Crippen LogP contribution in [0.2, 0.25) is 10.0 Å². The predicted molar refractivity (Wildman–Crippen MR) is 115 cm³/mol. The van der Waals surface area contributed by atoms with Gasteiger partial charge in [-0.1, -0.05) is 47.5 Å². The van der Waals surface area contributed by atoms with Gasteiger partial charge in [0.2, 0.25) is 0 Å². The summed E-state index contributed by atoms with van der Waals surface area (Å²) in [6.45, 7) is 3.84. The summed E-state index contributed by atoms with van der Waals surface area (Å²) in [6, 6.07) is 15.0. The molecule has 4 rings (SSSR count). The first-order chi connectivity index (χ1) is 13.6. The topological polar surface area (TPSA) is 36.4 Å². The number of piperazine rings is 1. The summed E-state index contributed by atoms with van der Waals surface area (Å²) in [4.78, 5) is 21.6. The molecule has 2 aromatic carbocycles. The van der Waals surface area contributed by atoms with Gasteiger partial charge in [0.1, 0.15) is 5.01 Å². The molecule has 4 nitrogen and oxygen atoms in total. The molecule has 0 radical (unpaired) electrons. The highest BCUT2D eigenvalue weighted by molar-refractivity contribution is 7.09. The van der Waals surface area contributed by atoms with Crippen LogP contribution in [-0.2, 0) is 6.54 Å². The second-order valence-corrected chi connectivity index (χ2v) is 8.47. The van der Waals surface area contributed by atoms with Crippen molar-refractivity contribution in [3.63, 3.8) is 0 Å². The van der Waals surface area contributed by atoms with Gasteiger partial charge >= 0.3 is 0 Å². The van der Waals surface area contributed by atoms with Gasteiger partial charge in [0.05, 0.1) is 22.8 Å². The minimum Gasteiger partial charge on any atom is -0.336 e. The predicted octanol–water partition coefficient (Wildman–Crippen LogP) is 5.07. The van der Waals surface area contributed by atoms with Gasteiger partial charge in [0.15, 0.2) is 0 Å². The fraction of sp³-hybridized carbons (Fsp3) is 0.238. The summed E-state index contributed by atoms with van der Waals surface area (Å²) in [5.41, 5.74) is 2.62. The Bertz CT molecular complexity index is 966. The van der Waals surface area contributed by atoms with Gasteiger partial charge in [0, 0.05) is 42.1 Å². The van der Waals surface area contributed by atoms with Gasteiger partial charge in [-0.2, -0.15) is 0 Å². The molecule has 0 N–H and O–H groups in total. The van der Waals surface area contributed by atoms with Gasteiger partial charge < -0.3 is 4.90 Å². The summed E-state index contributed by atoms with van der Waals surface area (Å²) >= 11 is 13.8. The van der Waals surface area contributed by atoms with E-state index >= 15 is 0 Å². The first-order valence-electron chi connectivity index (χ1n) is 9.06. The Morgan fingerprint density at radius 2 is 1.71 bits per heavy atom. The van der Waals surface area contributed by atoms with Crippen molar-refractivity contribution in [2.45, 2.75) is 6.54 Å². The van der Waals surface area contributed by atoms with Crippen LogP contribution in [0.15, 0.2) is 53.9 Å². The van der Waals surface area contributed by atoms with Crippen LogP contribution >= 0.6 is 34.5 Å². The second-order valence-electron chi connectivity index (χ2n) is 6.68. The standard InChI is InChI=1S/C21H19Cl2N3OS/c22-16-7-5-15(6-8-16)19-14-28-20(24-19)13-25-9-11-26(12-10-25)21(27)17-3-1-2-4-18(17)23/h1-8,14H,9-13H2. The van der Waals surface area contributed by atoms with Crippen molar-refractivity contribution in [2.24, 2.45) is 0 Å². The average Bonchev–Trinajstić information content (AvgIpc) is 3.17. The van der Waals surface area contributed by atoms with Crippen molar-refractivity contribution in [1.29, 1.82) is 0 Å². The molecule has 0 unspecified atom stereocenters. The van der Waals surface area contributed by atoms with Gasteiger partial charge in [-0.15, -0.1) is 11.3 Å². The minimum atomic E-state index is 0.00419. The third-order valence-corrected chi connectivity index (χ3v) is 6.23. The highest BCUT2D eigenvalue weighted by atomic mass is 35.5. The Hall–Kier alpha value is -1.92. The molecule has 28 heavy (non-hydrogen) atoms. The fourth-order valence-corrected chi connectivity index (χ4v) is 4.43. The lowest BCUT2D eigenvalue weighted by Gasteiger charge is -2.34. The van der Waals surface area contributed by atoms with Crippen LogP contribution in [0.25, 0.3) is 11.3 Å². The Morgan fingerprint density at radius 1 is 1.00 bits per heavy atom. The Labute approximate surface area is 178 Å². The summed E-state index contributed by atoms with van der Waals surface area (Å²) in [6.07, 6.45) is 0. The van der Waals surface area contributed by atoms with E-state index in [-0.39, 0.29) is 5.91 Å². The number of carbonyl (C=O) groups excluding carboxylic acids is 1. The molecule has 3 aromatic rings. The zero-order chi connectivity index (χ0) is 19.5. The van der Waals surface area contributed by atoms with Crippen LogP contribution in [0.4, 0.5) is 0 Å². The van der Waals surface area contributed by atoms with E-state index in [1.807, 2.05) is 41.3 Å². The number of benzene rings is 2. The molecule has 1 aliphatic rings. The molecule has 0 atom stereocenters. The molecule has 0 bridgehead atoms. The maximum Gasteiger partial charge on any atom is 0.255 e. The van der Waals surface area contributed by atoms with Crippen molar-refractivity contribution >= 4 is 40.4 Å². The minimum absolute atomic E-state index is 0.00419. The van der Waals surface area contributed by atoms with Crippen molar-refractivity contribution in [2.75, 3.05) is 26.2 Å². The molecular weight excluding hydrogens is 413 g/mol. The van der Waals surface area contributed by atoms with Crippen LogP contribution in [0.1, 0.15) is 15.4 Å². The monoisotopic (exact) mass is 431 g/mol. The molecule has 1 amide bonds. The lowest BCUT2D eigenvalue weighted by atomic mass is 10.2. The van der Waals surface area contributed by atoms with E-state index < -0.39 is 0 Å². The molecule has 0 aliphatic carbocycles. The van der Waals surface area contributed by atoms with Gasteiger partial charge in [-0.25, -0.2) is 4.98 Å².